The van der Waals surface area contributed by atoms with Crippen LogP contribution < -0.4 is 15.6 Å². The molecule has 2 amide bonds. The molecule has 0 saturated carbocycles. The summed E-state index contributed by atoms with van der Waals surface area (Å²) in [6, 6.07) is 21.3. The van der Waals surface area contributed by atoms with Crippen LogP contribution in [0.5, 0.6) is 5.75 Å². The zero-order valence-electron chi connectivity index (χ0n) is 15.2. The summed E-state index contributed by atoms with van der Waals surface area (Å²) in [7, 11) is 0. The van der Waals surface area contributed by atoms with Crippen LogP contribution in [0.15, 0.2) is 66.7 Å². The van der Waals surface area contributed by atoms with Crippen molar-refractivity contribution >= 4 is 22.6 Å². The molecule has 5 heteroatoms. The smallest absolute Gasteiger partial charge is 0.276 e. The molecule has 3 rings (SSSR count). The van der Waals surface area contributed by atoms with E-state index in [1.54, 1.807) is 6.07 Å². The van der Waals surface area contributed by atoms with Gasteiger partial charge in [-0.05, 0) is 40.5 Å². The number of carbonyl (C=O) groups is 2. The Balaban J connectivity index is 1.49. The highest BCUT2D eigenvalue weighted by molar-refractivity contribution is 5.91. The number of carbonyl (C=O) groups excluding carboxylic acids is 2. The molecule has 0 aliphatic heterocycles. The Bertz CT molecular complexity index is 948. The number of rotatable bonds is 6. The predicted octanol–water partition coefficient (Wildman–Crippen LogP) is 3.17. The molecule has 0 saturated heterocycles. The first kappa shape index (κ1) is 18.5. The van der Waals surface area contributed by atoms with Crippen molar-refractivity contribution in [2.24, 2.45) is 0 Å². The van der Waals surface area contributed by atoms with Gasteiger partial charge in [0.05, 0.1) is 6.42 Å². The lowest BCUT2D eigenvalue weighted by Gasteiger charge is -2.10. The molecule has 0 fully saturated rings. The number of hydrazine groups is 1. The molecule has 0 aromatic heterocycles. The van der Waals surface area contributed by atoms with E-state index in [9.17, 15) is 9.59 Å². The minimum absolute atomic E-state index is 0.165. The van der Waals surface area contributed by atoms with Gasteiger partial charge in [-0.3, -0.25) is 20.4 Å². The van der Waals surface area contributed by atoms with Gasteiger partial charge in [-0.15, -0.1) is 0 Å². The van der Waals surface area contributed by atoms with Crippen LogP contribution in [0.1, 0.15) is 18.1 Å². The molecule has 27 heavy (non-hydrogen) atoms. The number of benzene rings is 3. The Morgan fingerprint density at radius 3 is 2.48 bits per heavy atom. The third-order valence-electron chi connectivity index (χ3n) is 4.25. The Kier molecular flexibility index (Phi) is 6.05. The SMILES string of the molecule is CCc1cccc(OCC(=O)NNC(=O)Cc2cccc3ccccc23)c1. The molecular formula is C22H22N2O3. The van der Waals surface area contributed by atoms with E-state index in [0.29, 0.717) is 5.75 Å². The van der Waals surface area contributed by atoms with E-state index in [-0.39, 0.29) is 18.9 Å². The molecule has 0 spiro atoms. The highest BCUT2D eigenvalue weighted by Crippen LogP contribution is 2.18. The molecule has 0 aliphatic carbocycles. The number of hydrogen-bond donors (Lipinski definition) is 2. The van der Waals surface area contributed by atoms with Crippen LogP contribution in [0.4, 0.5) is 0 Å². The van der Waals surface area contributed by atoms with Gasteiger partial charge in [0, 0.05) is 0 Å². The van der Waals surface area contributed by atoms with E-state index < -0.39 is 5.91 Å². The number of nitrogens with one attached hydrogen (secondary N) is 2. The molecule has 138 valence electrons. The summed E-state index contributed by atoms with van der Waals surface area (Å²) in [4.78, 5) is 24.0. The van der Waals surface area contributed by atoms with Gasteiger partial charge in [0.1, 0.15) is 5.75 Å². The fraction of sp³-hybridized carbons (Fsp3) is 0.182. The zero-order chi connectivity index (χ0) is 19.1. The lowest BCUT2D eigenvalue weighted by Crippen LogP contribution is -2.44. The van der Waals surface area contributed by atoms with Crippen molar-refractivity contribution in [2.75, 3.05) is 6.61 Å². The zero-order valence-corrected chi connectivity index (χ0v) is 15.2. The van der Waals surface area contributed by atoms with Crippen LogP contribution in [0.3, 0.4) is 0 Å². The van der Waals surface area contributed by atoms with E-state index in [2.05, 4.69) is 17.8 Å². The summed E-state index contributed by atoms with van der Waals surface area (Å²) in [5, 5.41) is 2.11. The van der Waals surface area contributed by atoms with Gasteiger partial charge in [-0.25, -0.2) is 0 Å². The third kappa shape index (κ3) is 5.07. The number of hydrogen-bond acceptors (Lipinski definition) is 3. The van der Waals surface area contributed by atoms with Crippen LogP contribution in [0.25, 0.3) is 10.8 Å². The van der Waals surface area contributed by atoms with Gasteiger partial charge in [0.15, 0.2) is 6.61 Å². The molecule has 0 aliphatic rings. The molecule has 3 aromatic carbocycles. The first-order valence-corrected chi connectivity index (χ1v) is 8.92. The Morgan fingerprint density at radius 2 is 1.63 bits per heavy atom. The summed E-state index contributed by atoms with van der Waals surface area (Å²) in [6.07, 6.45) is 1.08. The average Bonchev–Trinajstić information content (AvgIpc) is 2.71. The number of ether oxygens (including phenoxy) is 1. The van der Waals surface area contributed by atoms with Crippen LogP contribution in [0, 0.1) is 0 Å². The lowest BCUT2D eigenvalue weighted by atomic mass is 10.0. The lowest BCUT2D eigenvalue weighted by molar-refractivity contribution is -0.129. The second kappa shape index (κ2) is 8.85. The normalized spacial score (nSPS) is 10.4. The summed E-state index contributed by atoms with van der Waals surface area (Å²) >= 11 is 0. The Morgan fingerprint density at radius 1 is 0.889 bits per heavy atom. The topological polar surface area (TPSA) is 67.4 Å². The molecule has 0 radical (unpaired) electrons. The maximum atomic E-state index is 12.2. The fourth-order valence-electron chi connectivity index (χ4n) is 2.84. The molecule has 5 nitrogen and oxygen atoms in total. The van der Waals surface area contributed by atoms with Crippen LogP contribution in [0.2, 0.25) is 0 Å². The van der Waals surface area contributed by atoms with Crippen LogP contribution in [-0.4, -0.2) is 18.4 Å². The minimum Gasteiger partial charge on any atom is -0.484 e. The molecular weight excluding hydrogens is 340 g/mol. The summed E-state index contributed by atoms with van der Waals surface area (Å²) < 4.78 is 5.46. The first-order valence-electron chi connectivity index (χ1n) is 8.92. The minimum atomic E-state index is -0.414. The highest BCUT2D eigenvalue weighted by Gasteiger charge is 2.09. The predicted molar refractivity (Wildman–Crippen MR) is 105 cm³/mol. The van der Waals surface area contributed by atoms with E-state index in [4.69, 9.17) is 4.74 Å². The molecule has 2 N–H and O–H groups in total. The van der Waals surface area contributed by atoms with E-state index >= 15 is 0 Å². The van der Waals surface area contributed by atoms with Crippen molar-refractivity contribution in [1.82, 2.24) is 10.9 Å². The molecule has 0 unspecified atom stereocenters. The van der Waals surface area contributed by atoms with Crippen LogP contribution in [-0.2, 0) is 22.4 Å². The average molecular weight is 362 g/mol. The number of aryl methyl sites for hydroxylation is 1. The number of fused-ring (bicyclic) bond motifs is 1. The largest absolute Gasteiger partial charge is 0.484 e. The molecule has 0 heterocycles. The molecule has 0 bridgehead atoms. The quantitative estimate of drug-likeness (QED) is 0.662. The van der Waals surface area contributed by atoms with Crippen molar-refractivity contribution in [2.45, 2.75) is 19.8 Å². The second-order valence-electron chi connectivity index (χ2n) is 6.20. The Hall–Kier alpha value is -3.34. The first-order chi connectivity index (χ1) is 13.2. The van der Waals surface area contributed by atoms with Crippen molar-refractivity contribution < 1.29 is 14.3 Å². The third-order valence-corrected chi connectivity index (χ3v) is 4.25. The summed E-state index contributed by atoms with van der Waals surface area (Å²) in [5.74, 6) is -0.0672. The van der Waals surface area contributed by atoms with E-state index in [1.807, 2.05) is 60.7 Å². The van der Waals surface area contributed by atoms with Gasteiger partial charge in [-0.1, -0.05) is 61.5 Å². The van der Waals surface area contributed by atoms with Gasteiger partial charge in [0.2, 0.25) is 5.91 Å². The van der Waals surface area contributed by atoms with Crippen LogP contribution >= 0.6 is 0 Å². The molecule has 3 aromatic rings. The maximum Gasteiger partial charge on any atom is 0.276 e. The van der Waals surface area contributed by atoms with Gasteiger partial charge in [-0.2, -0.15) is 0 Å². The van der Waals surface area contributed by atoms with Crippen molar-refractivity contribution in [3.8, 4) is 5.75 Å². The van der Waals surface area contributed by atoms with Crippen molar-refractivity contribution in [3.05, 3.63) is 77.9 Å². The highest BCUT2D eigenvalue weighted by atomic mass is 16.5. The van der Waals surface area contributed by atoms with Crippen molar-refractivity contribution in [3.63, 3.8) is 0 Å². The fourth-order valence-corrected chi connectivity index (χ4v) is 2.84. The standard InChI is InChI=1S/C22H22N2O3/c1-2-16-7-5-11-19(13-16)27-15-22(26)24-23-21(25)14-18-10-6-9-17-8-3-4-12-20(17)18/h3-13H,2,14-15H2,1H3,(H,23,25)(H,24,26). The molecule has 0 atom stereocenters. The van der Waals surface area contributed by atoms with Gasteiger partial charge >= 0.3 is 0 Å². The second-order valence-corrected chi connectivity index (χ2v) is 6.20. The summed E-state index contributed by atoms with van der Waals surface area (Å²) in [5.41, 5.74) is 6.87. The monoisotopic (exact) mass is 362 g/mol. The van der Waals surface area contributed by atoms with E-state index in [0.717, 1.165) is 28.3 Å². The Labute approximate surface area is 158 Å². The van der Waals surface area contributed by atoms with Crippen molar-refractivity contribution in [1.29, 1.82) is 0 Å². The summed E-state index contributed by atoms with van der Waals surface area (Å²) in [6.45, 7) is 1.89. The number of amides is 2. The van der Waals surface area contributed by atoms with E-state index in [1.165, 1.54) is 0 Å². The van der Waals surface area contributed by atoms with Gasteiger partial charge < -0.3 is 4.74 Å². The van der Waals surface area contributed by atoms with Gasteiger partial charge in [0.25, 0.3) is 5.91 Å². The maximum absolute atomic E-state index is 12.2.